The Labute approximate surface area is 237 Å². The molecule has 3 heterocycles. The van der Waals surface area contributed by atoms with E-state index in [1.54, 1.807) is 20.8 Å². The maximum absolute atomic E-state index is 14.6. The summed E-state index contributed by atoms with van der Waals surface area (Å²) in [6.45, 7) is 4.03. The van der Waals surface area contributed by atoms with Gasteiger partial charge in [-0.05, 0) is 39.0 Å². The lowest BCUT2D eigenvalue weighted by Gasteiger charge is -2.31. The lowest BCUT2D eigenvalue weighted by atomic mass is 9.99. The van der Waals surface area contributed by atoms with Crippen LogP contribution in [0.25, 0.3) is 10.9 Å². The van der Waals surface area contributed by atoms with Crippen LogP contribution in [0.2, 0.25) is 0 Å². The topological polar surface area (TPSA) is 104 Å². The second-order valence-corrected chi connectivity index (χ2v) is 10.6. The first-order valence-electron chi connectivity index (χ1n) is 12.6. The molecule has 0 aliphatic carbocycles. The molecule has 0 bridgehead atoms. The van der Waals surface area contributed by atoms with Gasteiger partial charge in [0.1, 0.15) is 17.2 Å². The third kappa shape index (κ3) is 5.40. The Bertz CT molecular complexity index is 1520. The van der Waals surface area contributed by atoms with Crippen LogP contribution in [0.1, 0.15) is 27.2 Å². The van der Waals surface area contributed by atoms with Gasteiger partial charge in [0.05, 0.1) is 32.1 Å². The van der Waals surface area contributed by atoms with Crippen LogP contribution in [0.15, 0.2) is 30.6 Å². The number of fused-ring (bicyclic) bond motifs is 1. The molecule has 3 aromatic rings. The van der Waals surface area contributed by atoms with Crippen molar-refractivity contribution in [1.82, 2.24) is 9.55 Å². The van der Waals surface area contributed by atoms with Gasteiger partial charge in [-0.1, -0.05) is 0 Å². The van der Waals surface area contributed by atoms with Crippen molar-refractivity contribution in [3.05, 3.63) is 42.2 Å². The molecule has 0 unspecified atom stereocenters. The van der Waals surface area contributed by atoms with Gasteiger partial charge in [0, 0.05) is 31.3 Å². The summed E-state index contributed by atoms with van der Waals surface area (Å²) in [6.07, 6.45) is -4.08. The summed E-state index contributed by atoms with van der Waals surface area (Å²) >= 11 is 0. The van der Waals surface area contributed by atoms with E-state index in [1.165, 1.54) is 25.6 Å². The minimum Gasteiger partial charge on any atom is -0.491 e. The van der Waals surface area contributed by atoms with Gasteiger partial charge in [-0.2, -0.15) is 17.6 Å². The molecule has 228 valence electrons. The summed E-state index contributed by atoms with van der Waals surface area (Å²) in [7, 11) is 3.19. The van der Waals surface area contributed by atoms with Crippen LogP contribution in [0.3, 0.4) is 0 Å². The molecule has 1 saturated heterocycles. The Morgan fingerprint density at radius 2 is 1.76 bits per heavy atom. The molecule has 0 spiro atoms. The van der Waals surface area contributed by atoms with Gasteiger partial charge in [0.25, 0.3) is 0 Å². The average molecular weight is 601 g/mol. The smallest absolute Gasteiger partial charge is 0.419 e. The molecule has 1 aliphatic rings. The quantitative estimate of drug-likeness (QED) is 0.382. The highest BCUT2D eigenvalue weighted by Crippen LogP contribution is 2.47. The minimum atomic E-state index is -4.94. The van der Waals surface area contributed by atoms with Crippen molar-refractivity contribution in [2.24, 2.45) is 0 Å². The van der Waals surface area contributed by atoms with Gasteiger partial charge in [-0.3, -0.25) is 4.79 Å². The standard InChI is InChI=1S/C27H29F5N4O6/c1-25(2,3)42-24(38)35-12-16(14-9-10-33-23(40-5)20(14)35)34-22(37)18-11-26(41-6,27(30,31)32)13-36(18)17-8-7-15(28)19(29)21(17)39-4/h7-10,12,18H,11,13H2,1-6H3,(H,34,37)/t18-,26+/m1/s1. The second kappa shape index (κ2) is 10.9. The van der Waals surface area contributed by atoms with Crippen LogP contribution in [-0.4, -0.2) is 72.8 Å². The summed E-state index contributed by atoms with van der Waals surface area (Å²) in [6, 6.07) is 1.60. The maximum Gasteiger partial charge on any atom is 0.419 e. The number of methoxy groups -OCH3 is 3. The van der Waals surface area contributed by atoms with Gasteiger partial charge < -0.3 is 29.2 Å². The van der Waals surface area contributed by atoms with Crippen LogP contribution in [0.5, 0.6) is 11.6 Å². The molecule has 0 radical (unpaired) electrons. The monoisotopic (exact) mass is 600 g/mol. The highest BCUT2D eigenvalue weighted by Gasteiger charge is 2.63. The molecule has 10 nitrogen and oxygen atoms in total. The molecular formula is C27H29F5N4O6. The van der Waals surface area contributed by atoms with Crippen LogP contribution < -0.4 is 19.7 Å². The van der Waals surface area contributed by atoms with E-state index in [9.17, 15) is 31.5 Å². The number of pyridine rings is 1. The molecule has 1 aliphatic heterocycles. The number of nitrogens with zero attached hydrogens (tertiary/aromatic N) is 3. The number of amides is 1. The van der Waals surface area contributed by atoms with Crippen LogP contribution in [-0.2, 0) is 14.3 Å². The number of ether oxygens (including phenoxy) is 4. The number of hydrogen-bond donors (Lipinski definition) is 1. The van der Waals surface area contributed by atoms with Crippen molar-refractivity contribution in [3.8, 4) is 11.6 Å². The predicted octanol–water partition coefficient (Wildman–Crippen LogP) is 5.28. The van der Waals surface area contributed by atoms with Crippen LogP contribution in [0, 0.1) is 11.6 Å². The summed E-state index contributed by atoms with van der Waals surface area (Å²) in [5, 5.41) is 2.84. The predicted molar refractivity (Wildman–Crippen MR) is 141 cm³/mol. The summed E-state index contributed by atoms with van der Waals surface area (Å²) in [5.74, 6) is -4.34. The number of rotatable bonds is 6. The number of hydrogen-bond acceptors (Lipinski definition) is 8. The molecule has 1 N–H and O–H groups in total. The average Bonchev–Trinajstić information content (AvgIpc) is 3.49. The molecular weight excluding hydrogens is 571 g/mol. The normalized spacial score (nSPS) is 19.2. The Hall–Kier alpha value is -4.14. The highest BCUT2D eigenvalue weighted by molar-refractivity contribution is 6.08. The number of anilines is 2. The first-order valence-corrected chi connectivity index (χ1v) is 12.6. The zero-order chi connectivity index (χ0) is 31.2. The van der Waals surface area contributed by atoms with Crippen LogP contribution in [0.4, 0.5) is 38.1 Å². The van der Waals surface area contributed by atoms with E-state index in [0.29, 0.717) is 0 Å². The SMILES string of the molecule is COc1c(N2C[C@](OC)(C(F)(F)F)C[C@@H]2C(=O)Nc2cn(C(=O)OC(C)(C)C)c3c(OC)nccc23)ccc(F)c1F. The number of carbonyl (C=O) groups excluding carboxylic acids is 2. The summed E-state index contributed by atoms with van der Waals surface area (Å²) in [4.78, 5) is 31.8. The van der Waals surface area contributed by atoms with Crippen molar-refractivity contribution in [3.63, 3.8) is 0 Å². The van der Waals surface area contributed by atoms with E-state index < -0.39 is 65.8 Å². The molecule has 1 amide bonds. The third-order valence-electron chi connectivity index (χ3n) is 6.80. The van der Waals surface area contributed by atoms with E-state index in [1.807, 2.05) is 0 Å². The van der Waals surface area contributed by atoms with Gasteiger partial charge in [-0.15, -0.1) is 0 Å². The molecule has 15 heteroatoms. The molecule has 1 aromatic carbocycles. The Balaban J connectivity index is 1.81. The zero-order valence-corrected chi connectivity index (χ0v) is 23.6. The van der Waals surface area contributed by atoms with Gasteiger partial charge >= 0.3 is 12.3 Å². The van der Waals surface area contributed by atoms with Gasteiger partial charge in [-0.25, -0.2) is 18.7 Å². The number of benzene rings is 1. The lowest BCUT2D eigenvalue weighted by molar-refractivity contribution is -0.261. The molecule has 2 aromatic heterocycles. The second-order valence-electron chi connectivity index (χ2n) is 10.6. The molecule has 4 rings (SSSR count). The Morgan fingerprint density at radius 1 is 1.07 bits per heavy atom. The number of nitrogens with one attached hydrogen (secondary N) is 1. The van der Waals surface area contributed by atoms with Gasteiger partial charge in [0.15, 0.2) is 17.2 Å². The van der Waals surface area contributed by atoms with E-state index in [2.05, 4.69) is 10.3 Å². The lowest BCUT2D eigenvalue weighted by Crippen LogP contribution is -2.49. The summed E-state index contributed by atoms with van der Waals surface area (Å²) in [5.41, 5.74) is -3.84. The highest BCUT2D eigenvalue weighted by atomic mass is 19.4. The van der Waals surface area contributed by atoms with Crippen molar-refractivity contribution >= 4 is 34.3 Å². The van der Waals surface area contributed by atoms with E-state index >= 15 is 0 Å². The van der Waals surface area contributed by atoms with Crippen LogP contribution >= 0.6 is 0 Å². The fourth-order valence-corrected chi connectivity index (χ4v) is 4.84. The van der Waals surface area contributed by atoms with Gasteiger partial charge in [0.2, 0.25) is 17.6 Å². The van der Waals surface area contributed by atoms with Crippen molar-refractivity contribution in [2.45, 2.75) is 50.6 Å². The Kier molecular flexibility index (Phi) is 8.02. The number of alkyl halides is 3. The van der Waals surface area contributed by atoms with Crippen molar-refractivity contribution in [2.75, 3.05) is 38.1 Å². The van der Waals surface area contributed by atoms with Crippen molar-refractivity contribution in [1.29, 1.82) is 0 Å². The molecule has 2 atom stereocenters. The zero-order valence-electron chi connectivity index (χ0n) is 23.6. The van der Waals surface area contributed by atoms with E-state index in [0.717, 1.165) is 35.8 Å². The fourth-order valence-electron chi connectivity index (χ4n) is 4.84. The number of halogens is 5. The molecule has 42 heavy (non-hydrogen) atoms. The molecule has 1 fully saturated rings. The Morgan fingerprint density at radius 3 is 2.33 bits per heavy atom. The first-order chi connectivity index (χ1) is 19.6. The van der Waals surface area contributed by atoms with Crippen molar-refractivity contribution < 1.29 is 50.5 Å². The largest absolute Gasteiger partial charge is 0.491 e. The minimum absolute atomic E-state index is 0.0170. The number of carbonyl (C=O) groups is 2. The maximum atomic E-state index is 14.6. The molecule has 0 saturated carbocycles. The first kappa shape index (κ1) is 30.8. The summed E-state index contributed by atoms with van der Waals surface area (Å²) < 4.78 is 93.1. The third-order valence-corrected chi connectivity index (χ3v) is 6.80. The number of aromatic nitrogens is 2. The fraction of sp³-hybridized carbons (Fsp3) is 0.444. The van der Waals surface area contributed by atoms with E-state index in [4.69, 9.17) is 18.9 Å². The van der Waals surface area contributed by atoms with E-state index in [-0.39, 0.29) is 28.2 Å².